The molecule has 0 spiro atoms. The molecule has 29 heavy (non-hydrogen) atoms. The van der Waals surface area contributed by atoms with Gasteiger partial charge in [-0.25, -0.2) is 4.79 Å². The molecule has 3 N–H and O–H groups in total. The molecular formula is C20H32N4O5. The summed E-state index contributed by atoms with van der Waals surface area (Å²) in [4.78, 5) is 51.3. The molecule has 3 aliphatic rings. The summed E-state index contributed by atoms with van der Waals surface area (Å²) in [6, 6.07) is -1.37. The van der Waals surface area contributed by atoms with Crippen molar-refractivity contribution < 1.29 is 23.9 Å². The van der Waals surface area contributed by atoms with E-state index in [0.29, 0.717) is 19.6 Å². The fraction of sp³-hybridized carbons (Fsp3) is 0.800. The predicted octanol–water partition coefficient (Wildman–Crippen LogP) is 0.820. The molecule has 9 heteroatoms. The third-order valence-corrected chi connectivity index (χ3v) is 6.41. The van der Waals surface area contributed by atoms with Gasteiger partial charge >= 0.3 is 6.03 Å². The van der Waals surface area contributed by atoms with Gasteiger partial charge in [0.15, 0.2) is 0 Å². The second kappa shape index (κ2) is 9.11. The molecule has 0 aromatic carbocycles. The van der Waals surface area contributed by atoms with Gasteiger partial charge in [0.25, 0.3) is 5.91 Å². The van der Waals surface area contributed by atoms with E-state index in [2.05, 4.69) is 16.0 Å². The summed E-state index contributed by atoms with van der Waals surface area (Å²) in [5, 5.41) is 7.72. The maximum Gasteiger partial charge on any atom is 0.322 e. The first-order chi connectivity index (χ1) is 13.8. The molecule has 0 radical (unpaired) electrons. The first-order valence-corrected chi connectivity index (χ1v) is 10.7. The van der Waals surface area contributed by atoms with Crippen LogP contribution < -0.4 is 16.0 Å². The Hall–Kier alpha value is -2.16. The Bertz CT molecular complexity index is 657. The van der Waals surface area contributed by atoms with Gasteiger partial charge < -0.3 is 20.3 Å². The zero-order chi connectivity index (χ0) is 21.0. The molecule has 3 fully saturated rings. The molecule has 1 saturated carbocycles. The number of urea groups is 1. The number of hydrogen-bond donors (Lipinski definition) is 3. The first-order valence-electron chi connectivity index (χ1n) is 10.7. The van der Waals surface area contributed by atoms with Gasteiger partial charge in [-0.05, 0) is 39.0 Å². The summed E-state index contributed by atoms with van der Waals surface area (Å²) in [7, 11) is 0. The molecule has 2 heterocycles. The number of amides is 5. The number of ether oxygens (including phenoxy) is 1. The van der Waals surface area contributed by atoms with Crippen LogP contribution in [0.4, 0.5) is 4.79 Å². The van der Waals surface area contributed by atoms with Gasteiger partial charge in [-0.1, -0.05) is 19.8 Å². The average Bonchev–Trinajstić information content (AvgIpc) is 3.43. The molecular weight excluding hydrogens is 376 g/mol. The monoisotopic (exact) mass is 408 g/mol. The van der Waals surface area contributed by atoms with Crippen LogP contribution in [0.3, 0.4) is 0 Å². The number of hydrogen-bond acceptors (Lipinski definition) is 5. The van der Waals surface area contributed by atoms with Crippen molar-refractivity contribution in [2.24, 2.45) is 0 Å². The molecule has 0 bridgehead atoms. The third kappa shape index (κ3) is 4.88. The van der Waals surface area contributed by atoms with E-state index in [1.54, 1.807) is 11.8 Å². The van der Waals surface area contributed by atoms with Gasteiger partial charge in [0.2, 0.25) is 11.8 Å². The summed E-state index contributed by atoms with van der Waals surface area (Å²) in [5.41, 5.74) is -1.05. The van der Waals surface area contributed by atoms with Crippen molar-refractivity contribution in [2.75, 3.05) is 13.2 Å². The predicted molar refractivity (Wildman–Crippen MR) is 105 cm³/mol. The first kappa shape index (κ1) is 21.5. The van der Waals surface area contributed by atoms with Crippen LogP contribution in [0.5, 0.6) is 0 Å². The van der Waals surface area contributed by atoms with E-state index >= 15 is 0 Å². The molecule has 1 aliphatic carbocycles. The summed E-state index contributed by atoms with van der Waals surface area (Å²) < 4.78 is 5.72. The van der Waals surface area contributed by atoms with E-state index in [1.165, 1.54) is 0 Å². The highest BCUT2D eigenvalue weighted by atomic mass is 16.5. The van der Waals surface area contributed by atoms with Crippen molar-refractivity contribution >= 4 is 23.8 Å². The van der Waals surface area contributed by atoms with Crippen molar-refractivity contribution in [1.29, 1.82) is 0 Å². The summed E-state index contributed by atoms with van der Waals surface area (Å²) in [6.45, 7) is 4.60. The van der Waals surface area contributed by atoms with Gasteiger partial charge in [0, 0.05) is 19.2 Å². The van der Waals surface area contributed by atoms with E-state index in [-0.39, 0.29) is 30.4 Å². The fourth-order valence-electron chi connectivity index (χ4n) is 4.34. The molecule has 3 atom stereocenters. The Morgan fingerprint density at radius 2 is 1.93 bits per heavy atom. The lowest BCUT2D eigenvalue weighted by molar-refractivity contribution is -0.150. The van der Waals surface area contributed by atoms with Gasteiger partial charge in [-0.2, -0.15) is 0 Å². The lowest BCUT2D eigenvalue weighted by Gasteiger charge is -2.41. The SMILES string of the molecule is CCC(C)(C(=O)NC1CCCC1)N(CC1CCCO1)C(=O)CC1NC(=O)NC1=O. The third-order valence-electron chi connectivity index (χ3n) is 6.41. The maximum atomic E-state index is 13.2. The van der Waals surface area contributed by atoms with Crippen LogP contribution in [-0.2, 0) is 19.1 Å². The summed E-state index contributed by atoms with van der Waals surface area (Å²) in [5.74, 6) is -1.03. The van der Waals surface area contributed by atoms with Crippen LogP contribution in [0.15, 0.2) is 0 Å². The largest absolute Gasteiger partial charge is 0.376 e. The van der Waals surface area contributed by atoms with E-state index < -0.39 is 23.5 Å². The molecule has 0 aromatic heterocycles. The minimum absolute atomic E-state index is 0.129. The molecule has 0 aromatic rings. The minimum Gasteiger partial charge on any atom is -0.376 e. The van der Waals surface area contributed by atoms with Gasteiger partial charge in [0.05, 0.1) is 12.5 Å². The zero-order valence-corrected chi connectivity index (χ0v) is 17.3. The second-order valence-electron chi connectivity index (χ2n) is 8.44. The van der Waals surface area contributed by atoms with Crippen LogP contribution >= 0.6 is 0 Å². The topological polar surface area (TPSA) is 117 Å². The normalized spacial score (nSPS) is 26.7. The van der Waals surface area contributed by atoms with Crippen molar-refractivity contribution in [3.8, 4) is 0 Å². The van der Waals surface area contributed by atoms with Crippen LogP contribution in [0.25, 0.3) is 0 Å². The van der Waals surface area contributed by atoms with E-state index in [9.17, 15) is 19.2 Å². The Morgan fingerprint density at radius 1 is 1.21 bits per heavy atom. The Kier molecular flexibility index (Phi) is 6.77. The molecule has 3 rings (SSSR count). The van der Waals surface area contributed by atoms with E-state index in [0.717, 1.165) is 38.5 Å². The number of nitrogens with zero attached hydrogens (tertiary/aromatic N) is 1. The number of carbonyl (C=O) groups excluding carboxylic acids is 4. The van der Waals surface area contributed by atoms with Crippen LogP contribution in [0.2, 0.25) is 0 Å². The van der Waals surface area contributed by atoms with Crippen molar-refractivity contribution in [1.82, 2.24) is 20.9 Å². The van der Waals surface area contributed by atoms with Gasteiger partial charge in [0.1, 0.15) is 11.6 Å². The van der Waals surface area contributed by atoms with Crippen molar-refractivity contribution in [2.45, 2.75) is 88.9 Å². The molecule has 9 nitrogen and oxygen atoms in total. The highest BCUT2D eigenvalue weighted by Crippen LogP contribution is 2.27. The number of nitrogens with one attached hydrogen (secondary N) is 3. The van der Waals surface area contributed by atoms with Gasteiger partial charge in [-0.15, -0.1) is 0 Å². The highest BCUT2D eigenvalue weighted by Gasteiger charge is 2.44. The summed E-state index contributed by atoms with van der Waals surface area (Å²) >= 11 is 0. The lowest BCUT2D eigenvalue weighted by Crippen LogP contribution is -2.61. The Balaban J connectivity index is 1.77. The minimum atomic E-state index is -1.05. The number of rotatable bonds is 8. The standard InChI is InChI=1S/C20H32N4O5/c1-3-20(2,18(27)21-13-7-4-5-8-13)24(12-14-9-6-10-29-14)16(25)11-15-17(26)23-19(28)22-15/h13-15H,3-12H2,1-2H3,(H,21,27)(H2,22,23,26,28). The number of carbonyl (C=O) groups is 4. The molecule has 2 aliphatic heterocycles. The van der Waals surface area contributed by atoms with Gasteiger partial charge in [-0.3, -0.25) is 19.7 Å². The average molecular weight is 408 g/mol. The quantitative estimate of drug-likeness (QED) is 0.514. The zero-order valence-electron chi connectivity index (χ0n) is 17.3. The second-order valence-corrected chi connectivity index (χ2v) is 8.44. The molecule has 2 saturated heterocycles. The van der Waals surface area contributed by atoms with Crippen molar-refractivity contribution in [3.05, 3.63) is 0 Å². The molecule has 162 valence electrons. The fourth-order valence-corrected chi connectivity index (χ4v) is 4.34. The molecule has 5 amide bonds. The Labute approximate surface area is 171 Å². The lowest BCUT2D eigenvalue weighted by atomic mass is 9.92. The number of imide groups is 1. The van der Waals surface area contributed by atoms with Crippen LogP contribution in [0.1, 0.15) is 65.2 Å². The maximum absolute atomic E-state index is 13.2. The van der Waals surface area contributed by atoms with E-state index in [4.69, 9.17) is 4.74 Å². The Morgan fingerprint density at radius 3 is 2.48 bits per heavy atom. The molecule has 3 unspecified atom stereocenters. The highest BCUT2D eigenvalue weighted by molar-refractivity contribution is 6.06. The van der Waals surface area contributed by atoms with Crippen molar-refractivity contribution in [3.63, 3.8) is 0 Å². The van der Waals surface area contributed by atoms with Crippen LogP contribution in [0, 0.1) is 0 Å². The smallest absolute Gasteiger partial charge is 0.322 e. The summed E-state index contributed by atoms with van der Waals surface area (Å²) in [6.07, 6.45) is 5.99. The van der Waals surface area contributed by atoms with Crippen LogP contribution in [-0.4, -0.2) is 65.5 Å². The van der Waals surface area contributed by atoms with E-state index in [1.807, 2.05) is 6.92 Å².